The lowest BCUT2D eigenvalue weighted by atomic mass is 9.87. The molecule has 2 nitrogen and oxygen atoms in total. The number of nitrogens with zero attached hydrogens (tertiary/aromatic N) is 1. The van der Waals surface area contributed by atoms with Crippen molar-refractivity contribution in [2.45, 2.75) is 38.3 Å². The predicted molar refractivity (Wildman–Crippen MR) is 72.3 cm³/mol. The largest absolute Gasteiger partial charge is 0.310 e. The molecule has 1 N–H and O–H groups in total. The van der Waals surface area contributed by atoms with Crippen molar-refractivity contribution in [3.05, 3.63) is 34.1 Å². The zero-order valence-corrected chi connectivity index (χ0v) is 11.7. The van der Waals surface area contributed by atoms with Crippen LogP contribution in [0.1, 0.15) is 31.2 Å². The average molecular weight is 311 g/mol. The second kappa shape index (κ2) is 6.31. The zero-order valence-electron chi connectivity index (χ0n) is 10.1. The summed E-state index contributed by atoms with van der Waals surface area (Å²) in [5.74, 6) is 0.0436. The molecule has 96 valence electrons. The van der Waals surface area contributed by atoms with E-state index >= 15 is 0 Å². The molecule has 0 amide bonds. The van der Waals surface area contributed by atoms with E-state index in [1.54, 1.807) is 6.07 Å². The Kier molecular flexibility index (Phi) is 4.73. The second-order valence-electron chi connectivity index (χ2n) is 4.79. The van der Waals surface area contributed by atoms with Crippen LogP contribution in [-0.4, -0.2) is 6.04 Å². The molecule has 1 aliphatic carbocycles. The minimum atomic E-state index is -0.170. The topological polar surface area (TPSA) is 35.8 Å². The van der Waals surface area contributed by atoms with E-state index in [1.165, 1.54) is 6.07 Å². The van der Waals surface area contributed by atoms with Gasteiger partial charge in [0.15, 0.2) is 0 Å². The number of hydrogen-bond acceptors (Lipinski definition) is 2. The minimum absolute atomic E-state index is 0.170. The number of nitrogens with one attached hydrogen (secondary N) is 1. The van der Waals surface area contributed by atoms with E-state index in [1.807, 2.05) is 6.07 Å². The fourth-order valence-corrected chi connectivity index (χ4v) is 2.77. The first-order valence-corrected chi connectivity index (χ1v) is 7.05. The normalized spacial score (nSPS) is 23.6. The summed E-state index contributed by atoms with van der Waals surface area (Å²) >= 11 is 3.35. The second-order valence-corrected chi connectivity index (χ2v) is 5.71. The molecule has 0 unspecified atom stereocenters. The van der Waals surface area contributed by atoms with E-state index in [-0.39, 0.29) is 11.7 Å². The molecule has 0 bridgehead atoms. The maximum atomic E-state index is 13.5. The number of benzene rings is 1. The molecule has 18 heavy (non-hydrogen) atoms. The van der Waals surface area contributed by atoms with Gasteiger partial charge in [0.1, 0.15) is 5.82 Å². The van der Waals surface area contributed by atoms with Crippen LogP contribution in [0.4, 0.5) is 4.39 Å². The van der Waals surface area contributed by atoms with E-state index in [9.17, 15) is 4.39 Å². The first kappa shape index (κ1) is 13.5. The van der Waals surface area contributed by atoms with E-state index in [2.05, 4.69) is 27.3 Å². The van der Waals surface area contributed by atoms with Gasteiger partial charge in [0.25, 0.3) is 0 Å². The molecule has 4 heteroatoms. The van der Waals surface area contributed by atoms with Crippen LogP contribution < -0.4 is 5.32 Å². The minimum Gasteiger partial charge on any atom is -0.310 e. The summed E-state index contributed by atoms with van der Waals surface area (Å²) in [5.41, 5.74) is 0.687. The van der Waals surface area contributed by atoms with Crippen molar-refractivity contribution >= 4 is 15.9 Å². The van der Waals surface area contributed by atoms with Gasteiger partial charge in [-0.2, -0.15) is 5.26 Å². The molecule has 1 aliphatic rings. The van der Waals surface area contributed by atoms with Crippen molar-refractivity contribution in [3.8, 4) is 6.07 Å². The maximum absolute atomic E-state index is 13.5. The summed E-state index contributed by atoms with van der Waals surface area (Å²) in [5, 5.41) is 12.2. The Morgan fingerprint density at radius 3 is 2.72 bits per heavy atom. The summed E-state index contributed by atoms with van der Waals surface area (Å²) in [7, 11) is 0. The molecule has 0 heterocycles. The van der Waals surface area contributed by atoms with Gasteiger partial charge in [-0.15, -0.1) is 0 Å². The summed E-state index contributed by atoms with van der Waals surface area (Å²) in [4.78, 5) is 0. The van der Waals surface area contributed by atoms with Crippen LogP contribution in [0, 0.1) is 23.1 Å². The van der Waals surface area contributed by atoms with Gasteiger partial charge in [-0.1, -0.05) is 15.9 Å². The summed E-state index contributed by atoms with van der Waals surface area (Å²) in [6.07, 6.45) is 3.92. The summed E-state index contributed by atoms with van der Waals surface area (Å²) in [6, 6.07) is 7.72. The number of nitriles is 1. The molecule has 0 aromatic heterocycles. The van der Waals surface area contributed by atoms with Gasteiger partial charge < -0.3 is 5.32 Å². The van der Waals surface area contributed by atoms with Crippen LogP contribution in [0.5, 0.6) is 0 Å². The number of rotatable bonds is 3. The van der Waals surface area contributed by atoms with Crippen molar-refractivity contribution in [2.75, 3.05) is 0 Å². The average Bonchev–Trinajstić information content (AvgIpc) is 2.40. The molecule has 1 fully saturated rings. The van der Waals surface area contributed by atoms with Crippen LogP contribution in [-0.2, 0) is 6.54 Å². The first-order chi connectivity index (χ1) is 8.69. The highest BCUT2D eigenvalue weighted by atomic mass is 79.9. The first-order valence-electron chi connectivity index (χ1n) is 6.26. The zero-order chi connectivity index (χ0) is 13.0. The molecule has 0 atom stereocenters. The lowest BCUT2D eigenvalue weighted by Crippen LogP contribution is -2.32. The van der Waals surface area contributed by atoms with Crippen molar-refractivity contribution in [3.63, 3.8) is 0 Å². The molecule has 0 spiro atoms. The van der Waals surface area contributed by atoms with Gasteiger partial charge in [0.05, 0.1) is 6.07 Å². The van der Waals surface area contributed by atoms with Crippen molar-refractivity contribution < 1.29 is 4.39 Å². The Bertz CT molecular complexity index is 448. The van der Waals surface area contributed by atoms with Gasteiger partial charge >= 0.3 is 0 Å². The van der Waals surface area contributed by atoms with Gasteiger partial charge in [0, 0.05) is 28.5 Å². The van der Waals surface area contributed by atoms with Crippen LogP contribution in [0.15, 0.2) is 22.7 Å². The molecule has 1 aromatic carbocycles. The third kappa shape index (κ3) is 3.54. The Hall–Kier alpha value is -0.920. The summed E-state index contributed by atoms with van der Waals surface area (Å²) in [6.45, 7) is 0.549. The maximum Gasteiger partial charge on any atom is 0.127 e. The highest BCUT2D eigenvalue weighted by molar-refractivity contribution is 9.10. The Labute approximate surface area is 115 Å². The lowest BCUT2D eigenvalue weighted by molar-refractivity contribution is 0.330. The number of halogens is 2. The van der Waals surface area contributed by atoms with Crippen LogP contribution in [0.2, 0.25) is 0 Å². The fourth-order valence-electron chi connectivity index (χ4n) is 2.36. The van der Waals surface area contributed by atoms with E-state index < -0.39 is 0 Å². The monoisotopic (exact) mass is 310 g/mol. The highest BCUT2D eigenvalue weighted by Gasteiger charge is 2.20. The quantitative estimate of drug-likeness (QED) is 0.922. The standard InChI is InChI=1S/C14H16BrFN2/c15-12-3-6-14(16)11(7-12)9-18-13-4-1-10(8-17)2-5-13/h3,6-7,10,13,18H,1-2,4-5,9H2. The third-order valence-electron chi connectivity index (χ3n) is 3.50. The van der Waals surface area contributed by atoms with E-state index in [4.69, 9.17) is 5.26 Å². The van der Waals surface area contributed by atoms with Crippen LogP contribution in [0.3, 0.4) is 0 Å². The smallest absolute Gasteiger partial charge is 0.127 e. The summed E-state index contributed by atoms with van der Waals surface area (Å²) < 4.78 is 14.4. The van der Waals surface area contributed by atoms with E-state index in [0.717, 1.165) is 30.2 Å². The van der Waals surface area contributed by atoms with Gasteiger partial charge in [-0.05, 0) is 43.9 Å². The van der Waals surface area contributed by atoms with Crippen molar-refractivity contribution in [1.82, 2.24) is 5.32 Å². The van der Waals surface area contributed by atoms with Crippen molar-refractivity contribution in [2.24, 2.45) is 5.92 Å². The van der Waals surface area contributed by atoms with Crippen LogP contribution >= 0.6 is 15.9 Å². The highest BCUT2D eigenvalue weighted by Crippen LogP contribution is 2.24. The fraction of sp³-hybridized carbons (Fsp3) is 0.500. The third-order valence-corrected chi connectivity index (χ3v) is 3.99. The molecule has 1 saturated carbocycles. The Morgan fingerprint density at radius 2 is 2.06 bits per heavy atom. The molecule has 1 aromatic rings. The Morgan fingerprint density at radius 1 is 1.33 bits per heavy atom. The SMILES string of the molecule is N#CC1CCC(NCc2cc(Br)ccc2F)CC1. The molecule has 0 saturated heterocycles. The van der Waals surface area contributed by atoms with Gasteiger partial charge in [0.2, 0.25) is 0 Å². The lowest BCUT2D eigenvalue weighted by Gasteiger charge is -2.25. The predicted octanol–water partition coefficient (Wildman–Crippen LogP) is 3.76. The van der Waals surface area contributed by atoms with Crippen LogP contribution in [0.25, 0.3) is 0 Å². The van der Waals surface area contributed by atoms with Gasteiger partial charge in [-0.3, -0.25) is 0 Å². The van der Waals surface area contributed by atoms with E-state index in [0.29, 0.717) is 18.2 Å². The molecule has 0 radical (unpaired) electrons. The molecular formula is C14H16BrFN2. The van der Waals surface area contributed by atoms with Gasteiger partial charge in [-0.25, -0.2) is 4.39 Å². The van der Waals surface area contributed by atoms with Crippen molar-refractivity contribution in [1.29, 1.82) is 5.26 Å². The molecular weight excluding hydrogens is 295 g/mol. The number of hydrogen-bond donors (Lipinski definition) is 1. The Balaban J connectivity index is 1.85. The molecule has 2 rings (SSSR count). The molecule has 0 aliphatic heterocycles.